The van der Waals surface area contributed by atoms with Crippen molar-refractivity contribution >= 4 is 0 Å². The third-order valence-electron chi connectivity index (χ3n) is 1.88. The van der Waals surface area contributed by atoms with Crippen molar-refractivity contribution in [2.75, 3.05) is 13.2 Å². The first-order valence-corrected chi connectivity index (χ1v) is 5.02. The molecule has 2 nitrogen and oxygen atoms in total. The van der Waals surface area contributed by atoms with Gasteiger partial charge in [0.25, 0.3) is 0 Å². The third kappa shape index (κ3) is 4.73. The first-order chi connectivity index (χ1) is 6.29. The minimum atomic E-state index is 0.579. The maximum atomic E-state index is 5.33. The minimum Gasteiger partial charge on any atom is -0.494 e. The van der Waals surface area contributed by atoms with Gasteiger partial charge in [0.1, 0.15) is 5.76 Å². The summed E-state index contributed by atoms with van der Waals surface area (Å²) in [6.07, 6.45) is 8.48. The Morgan fingerprint density at radius 2 is 2.46 bits per heavy atom. The van der Waals surface area contributed by atoms with Crippen molar-refractivity contribution in [3.8, 4) is 0 Å². The lowest BCUT2D eigenvalue weighted by molar-refractivity contribution is 0.257. The highest BCUT2D eigenvalue weighted by molar-refractivity contribution is 5.14. The molecule has 0 saturated heterocycles. The second-order valence-electron chi connectivity index (χ2n) is 3.54. The molecule has 0 amide bonds. The summed E-state index contributed by atoms with van der Waals surface area (Å²) in [5, 5.41) is 3.36. The summed E-state index contributed by atoms with van der Waals surface area (Å²) >= 11 is 0. The molecule has 2 heteroatoms. The normalized spacial score (nSPS) is 16.7. The molecular formula is C11H19NO. The lowest BCUT2D eigenvalue weighted by Crippen LogP contribution is -2.23. The lowest BCUT2D eigenvalue weighted by Gasteiger charge is -2.04. The van der Waals surface area contributed by atoms with Gasteiger partial charge in [-0.1, -0.05) is 19.9 Å². The quantitative estimate of drug-likeness (QED) is 0.657. The van der Waals surface area contributed by atoms with Crippen molar-refractivity contribution in [1.29, 1.82) is 0 Å². The van der Waals surface area contributed by atoms with Crippen LogP contribution in [0.2, 0.25) is 0 Å². The standard InChI is InChI=1S/C11H19NO/c1-10(2)12-8-4-3-6-11-7-5-9-13-11/h3,6-7,10,12H,4-5,8-9H2,1-2H3/b6-3+. The van der Waals surface area contributed by atoms with Gasteiger partial charge in [-0.05, 0) is 25.1 Å². The van der Waals surface area contributed by atoms with Crippen LogP contribution in [-0.2, 0) is 4.74 Å². The number of hydrogen-bond acceptors (Lipinski definition) is 2. The van der Waals surface area contributed by atoms with E-state index in [1.54, 1.807) is 0 Å². The lowest BCUT2D eigenvalue weighted by atomic mass is 10.3. The predicted molar refractivity (Wildman–Crippen MR) is 55.5 cm³/mol. The Kier molecular flexibility index (Phi) is 4.61. The average molecular weight is 181 g/mol. The number of rotatable bonds is 5. The molecule has 0 unspecified atom stereocenters. The van der Waals surface area contributed by atoms with Gasteiger partial charge in [0, 0.05) is 12.5 Å². The summed E-state index contributed by atoms with van der Waals surface area (Å²) in [4.78, 5) is 0. The van der Waals surface area contributed by atoms with Crippen molar-refractivity contribution in [3.63, 3.8) is 0 Å². The van der Waals surface area contributed by atoms with Gasteiger partial charge in [-0.25, -0.2) is 0 Å². The van der Waals surface area contributed by atoms with Crippen LogP contribution in [0.1, 0.15) is 26.7 Å². The number of allylic oxidation sites excluding steroid dienone is 1. The van der Waals surface area contributed by atoms with Gasteiger partial charge < -0.3 is 10.1 Å². The molecule has 0 atom stereocenters. The van der Waals surface area contributed by atoms with Gasteiger partial charge >= 0.3 is 0 Å². The smallest absolute Gasteiger partial charge is 0.115 e. The molecule has 0 spiro atoms. The van der Waals surface area contributed by atoms with E-state index >= 15 is 0 Å². The van der Waals surface area contributed by atoms with Gasteiger partial charge in [-0.15, -0.1) is 0 Å². The highest BCUT2D eigenvalue weighted by atomic mass is 16.5. The highest BCUT2D eigenvalue weighted by Crippen LogP contribution is 2.09. The van der Waals surface area contributed by atoms with Crippen LogP contribution in [-0.4, -0.2) is 19.2 Å². The van der Waals surface area contributed by atoms with E-state index in [1.165, 1.54) is 0 Å². The van der Waals surface area contributed by atoms with E-state index in [4.69, 9.17) is 4.74 Å². The number of nitrogens with one attached hydrogen (secondary N) is 1. The van der Waals surface area contributed by atoms with E-state index in [-0.39, 0.29) is 0 Å². The van der Waals surface area contributed by atoms with Crippen LogP contribution in [0.5, 0.6) is 0 Å². The van der Waals surface area contributed by atoms with Crippen LogP contribution < -0.4 is 5.32 Å². The van der Waals surface area contributed by atoms with Gasteiger partial charge in [-0.2, -0.15) is 0 Å². The second-order valence-corrected chi connectivity index (χ2v) is 3.54. The van der Waals surface area contributed by atoms with E-state index in [2.05, 4.69) is 37.4 Å². The van der Waals surface area contributed by atoms with Crippen LogP contribution in [0.3, 0.4) is 0 Å². The molecule has 0 bridgehead atoms. The van der Waals surface area contributed by atoms with Gasteiger partial charge in [0.05, 0.1) is 6.61 Å². The van der Waals surface area contributed by atoms with Gasteiger partial charge in [0.15, 0.2) is 0 Å². The van der Waals surface area contributed by atoms with Crippen molar-refractivity contribution in [2.45, 2.75) is 32.7 Å². The first kappa shape index (κ1) is 10.3. The van der Waals surface area contributed by atoms with Crippen molar-refractivity contribution in [2.24, 2.45) is 0 Å². The molecule has 0 aromatic rings. The maximum Gasteiger partial charge on any atom is 0.115 e. The zero-order valence-electron chi connectivity index (χ0n) is 8.55. The van der Waals surface area contributed by atoms with Gasteiger partial charge in [0.2, 0.25) is 0 Å². The van der Waals surface area contributed by atoms with E-state index < -0.39 is 0 Å². The summed E-state index contributed by atoms with van der Waals surface area (Å²) < 4.78 is 5.33. The van der Waals surface area contributed by atoms with Crippen LogP contribution in [0.15, 0.2) is 24.0 Å². The Labute approximate surface area is 80.7 Å². The first-order valence-electron chi connectivity index (χ1n) is 5.02. The third-order valence-corrected chi connectivity index (χ3v) is 1.88. The summed E-state index contributed by atoms with van der Waals surface area (Å²) in [6, 6.07) is 0.579. The molecule has 1 N–H and O–H groups in total. The predicted octanol–water partition coefficient (Wildman–Crippen LogP) is 2.23. The maximum absolute atomic E-state index is 5.33. The minimum absolute atomic E-state index is 0.579. The van der Waals surface area contributed by atoms with Crippen LogP contribution >= 0.6 is 0 Å². The average Bonchev–Trinajstić information content (AvgIpc) is 2.55. The van der Waals surface area contributed by atoms with Gasteiger partial charge in [-0.3, -0.25) is 0 Å². The second kappa shape index (κ2) is 5.81. The fraction of sp³-hybridized carbons (Fsp3) is 0.636. The molecule has 1 heterocycles. The summed E-state index contributed by atoms with van der Waals surface area (Å²) in [5.41, 5.74) is 0. The van der Waals surface area contributed by atoms with E-state index in [0.717, 1.165) is 31.8 Å². The topological polar surface area (TPSA) is 21.3 Å². The molecule has 13 heavy (non-hydrogen) atoms. The number of ether oxygens (including phenoxy) is 1. The van der Waals surface area contributed by atoms with E-state index in [0.29, 0.717) is 6.04 Å². The molecule has 0 aromatic heterocycles. The zero-order chi connectivity index (χ0) is 9.52. The van der Waals surface area contributed by atoms with Crippen molar-refractivity contribution in [1.82, 2.24) is 5.32 Å². The largest absolute Gasteiger partial charge is 0.494 e. The fourth-order valence-electron chi connectivity index (χ4n) is 1.21. The Bertz CT molecular complexity index is 194. The van der Waals surface area contributed by atoms with Crippen molar-refractivity contribution < 1.29 is 4.74 Å². The molecule has 1 aliphatic rings. The Morgan fingerprint density at radius 1 is 1.62 bits per heavy atom. The molecule has 0 aromatic carbocycles. The van der Waals surface area contributed by atoms with Crippen LogP contribution in [0.4, 0.5) is 0 Å². The Balaban J connectivity index is 2.04. The molecule has 1 rings (SSSR count). The molecule has 0 radical (unpaired) electrons. The van der Waals surface area contributed by atoms with Crippen molar-refractivity contribution in [3.05, 3.63) is 24.0 Å². The Hall–Kier alpha value is -0.760. The summed E-state index contributed by atoms with van der Waals surface area (Å²) in [6.45, 7) is 6.21. The van der Waals surface area contributed by atoms with Crippen LogP contribution in [0, 0.1) is 0 Å². The van der Waals surface area contributed by atoms with Crippen LogP contribution in [0.25, 0.3) is 0 Å². The fourth-order valence-corrected chi connectivity index (χ4v) is 1.21. The van der Waals surface area contributed by atoms with E-state index in [9.17, 15) is 0 Å². The number of hydrogen-bond donors (Lipinski definition) is 1. The molecule has 0 fully saturated rings. The molecule has 0 aliphatic carbocycles. The summed E-state index contributed by atoms with van der Waals surface area (Å²) in [7, 11) is 0. The molecule has 1 aliphatic heterocycles. The Morgan fingerprint density at radius 3 is 3.08 bits per heavy atom. The monoisotopic (exact) mass is 181 g/mol. The van der Waals surface area contributed by atoms with E-state index in [1.807, 2.05) is 0 Å². The summed E-state index contributed by atoms with van der Waals surface area (Å²) in [5.74, 6) is 1.03. The molecule has 74 valence electrons. The molecule has 0 saturated carbocycles. The SMILES string of the molecule is CC(C)NCC/C=C/C1=CCCO1. The zero-order valence-corrected chi connectivity index (χ0v) is 8.55. The highest BCUT2D eigenvalue weighted by Gasteiger charge is 1.99. The molecular weight excluding hydrogens is 162 g/mol.